The van der Waals surface area contributed by atoms with Gasteiger partial charge in [-0.15, -0.1) is 11.3 Å². The third-order valence-corrected chi connectivity index (χ3v) is 5.21. The molecule has 0 amide bonds. The van der Waals surface area contributed by atoms with Crippen molar-refractivity contribution in [3.63, 3.8) is 0 Å². The molecule has 2 unspecified atom stereocenters. The Bertz CT molecular complexity index is 622. The highest BCUT2D eigenvalue weighted by Gasteiger charge is 2.24. The molecule has 0 bridgehead atoms. The van der Waals surface area contributed by atoms with Crippen molar-refractivity contribution in [3.8, 4) is 16.3 Å². The average molecular weight is 318 g/mol. The van der Waals surface area contributed by atoms with Crippen LogP contribution in [0, 0.1) is 0 Å². The topological polar surface area (TPSA) is 54.4 Å². The van der Waals surface area contributed by atoms with Gasteiger partial charge in [0.25, 0.3) is 0 Å². The summed E-state index contributed by atoms with van der Waals surface area (Å²) in [4.78, 5) is 6.16. The Morgan fingerprint density at radius 2 is 2.18 bits per heavy atom. The molecule has 2 aromatic rings. The minimum atomic E-state index is -0.320. The maximum Gasteiger partial charge on any atom is 0.123 e. The Morgan fingerprint density at radius 3 is 2.86 bits per heavy atom. The number of rotatable bonds is 5. The lowest BCUT2D eigenvalue weighted by Crippen LogP contribution is -2.30. The van der Waals surface area contributed by atoms with E-state index in [1.165, 1.54) is 10.6 Å². The highest BCUT2D eigenvalue weighted by Crippen LogP contribution is 2.38. The zero-order chi connectivity index (χ0) is 15.5. The van der Waals surface area contributed by atoms with Gasteiger partial charge in [0, 0.05) is 23.0 Å². The van der Waals surface area contributed by atoms with Gasteiger partial charge in [-0.1, -0.05) is 0 Å². The number of hydrogen-bond acceptors (Lipinski definition) is 5. The summed E-state index contributed by atoms with van der Waals surface area (Å²) in [5.74, 6) is 0.863. The lowest BCUT2D eigenvalue weighted by atomic mass is 9.98. The van der Waals surface area contributed by atoms with Crippen LogP contribution in [0.3, 0.4) is 0 Å². The van der Waals surface area contributed by atoms with E-state index < -0.39 is 0 Å². The van der Waals surface area contributed by atoms with Crippen LogP contribution in [0.5, 0.6) is 5.75 Å². The fourth-order valence-corrected chi connectivity index (χ4v) is 4.01. The second-order valence-electron chi connectivity index (χ2n) is 5.76. The number of ether oxygens (including phenoxy) is 1. The van der Waals surface area contributed by atoms with E-state index in [9.17, 15) is 5.11 Å². The summed E-state index contributed by atoms with van der Waals surface area (Å²) in [5.41, 5.74) is 2.35. The van der Waals surface area contributed by atoms with Gasteiger partial charge in [-0.05, 0) is 50.5 Å². The van der Waals surface area contributed by atoms with Crippen LogP contribution >= 0.6 is 11.3 Å². The minimum absolute atomic E-state index is 0.320. The summed E-state index contributed by atoms with van der Waals surface area (Å²) in [5, 5.41) is 14.0. The van der Waals surface area contributed by atoms with Gasteiger partial charge in [-0.2, -0.15) is 0 Å². The molecule has 22 heavy (non-hydrogen) atoms. The molecule has 3 rings (SSSR count). The van der Waals surface area contributed by atoms with E-state index in [1.54, 1.807) is 18.4 Å². The number of aliphatic hydroxyl groups excluding tert-OH is 1. The number of hydrogen-bond donors (Lipinski definition) is 2. The molecule has 1 heterocycles. The Hall–Kier alpha value is -1.43. The van der Waals surface area contributed by atoms with E-state index in [0.717, 1.165) is 35.6 Å². The Morgan fingerprint density at radius 1 is 1.41 bits per heavy atom. The van der Waals surface area contributed by atoms with Crippen LogP contribution in [0.2, 0.25) is 0 Å². The van der Waals surface area contributed by atoms with E-state index in [4.69, 9.17) is 9.72 Å². The Labute approximate surface area is 135 Å². The number of aromatic nitrogens is 1. The largest absolute Gasteiger partial charge is 0.497 e. The molecule has 0 spiro atoms. The molecule has 1 aromatic heterocycles. The smallest absolute Gasteiger partial charge is 0.123 e. The highest BCUT2D eigenvalue weighted by molar-refractivity contribution is 7.15. The van der Waals surface area contributed by atoms with Crippen LogP contribution in [-0.4, -0.2) is 29.8 Å². The normalized spacial score (nSPS) is 18.8. The van der Waals surface area contributed by atoms with Crippen molar-refractivity contribution in [3.05, 3.63) is 34.8 Å². The standard InChI is InChI=1S/C17H22N2O2S/c1-11(20)10-18-14-4-3-5-15-16(14)22-17(19-15)12-6-8-13(21-2)9-7-12/h6-9,11,14,18,20H,3-5,10H2,1-2H3. The first-order chi connectivity index (χ1) is 10.7. The first-order valence-corrected chi connectivity index (χ1v) is 8.54. The molecule has 2 atom stereocenters. The van der Waals surface area contributed by atoms with Gasteiger partial charge in [-0.25, -0.2) is 4.98 Å². The van der Waals surface area contributed by atoms with Gasteiger partial charge < -0.3 is 15.2 Å². The van der Waals surface area contributed by atoms with Crippen molar-refractivity contribution in [2.75, 3.05) is 13.7 Å². The third kappa shape index (κ3) is 3.32. The molecule has 1 aliphatic rings. The molecule has 0 saturated heterocycles. The molecule has 2 N–H and O–H groups in total. The van der Waals surface area contributed by atoms with Crippen molar-refractivity contribution >= 4 is 11.3 Å². The maximum absolute atomic E-state index is 9.48. The lowest BCUT2D eigenvalue weighted by Gasteiger charge is -2.23. The highest BCUT2D eigenvalue weighted by atomic mass is 32.1. The van der Waals surface area contributed by atoms with Crippen LogP contribution < -0.4 is 10.1 Å². The second-order valence-corrected chi connectivity index (χ2v) is 6.79. The molecule has 1 aliphatic carbocycles. The van der Waals surface area contributed by atoms with Crippen molar-refractivity contribution < 1.29 is 9.84 Å². The van der Waals surface area contributed by atoms with E-state index in [1.807, 2.05) is 19.1 Å². The average Bonchev–Trinajstić information content (AvgIpc) is 2.97. The zero-order valence-electron chi connectivity index (χ0n) is 13.0. The minimum Gasteiger partial charge on any atom is -0.497 e. The van der Waals surface area contributed by atoms with Gasteiger partial charge >= 0.3 is 0 Å². The number of aryl methyl sites for hydroxylation is 1. The van der Waals surface area contributed by atoms with Crippen molar-refractivity contribution in [2.45, 2.75) is 38.3 Å². The zero-order valence-corrected chi connectivity index (χ0v) is 13.8. The number of fused-ring (bicyclic) bond motifs is 1. The van der Waals surface area contributed by atoms with Crippen molar-refractivity contribution in [1.82, 2.24) is 10.3 Å². The molecular formula is C17H22N2O2S. The fourth-order valence-electron chi connectivity index (χ4n) is 2.78. The summed E-state index contributed by atoms with van der Waals surface area (Å²) in [6.07, 6.45) is 2.99. The monoisotopic (exact) mass is 318 g/mol. The van der Waals surface area contributed by atoms with E-state index >= 15 is 0 Å². The van der Waals surface area contributed by atoms with Crippen LogP contribution in [0.25, 0.3) is 10.6 Å². The van der Waals surface area contributed by atoms with E-state index in [0.29, 0.717) is 12.6 Å². The summed E-state index contributed by atoms with van der Waals surface area (Å²) in [6.45, 7) is 2.44. The molecule has 0 saturated carbocycles. The molecule has 0 radical (unpaired) electrons. The summed E-state index contributed by atoms with van der Waals surface area (Å²) >= 11 is 1.77. The summed E-state index contributed by atoms with van der Waals surface area (Å²) in [6, 6.07) is 8.38. The van der Waals surface area contributed by atoms with E-state index in [-0.39, 0.29) is 6.10 Å². The van der Waals surface area contributed by atoms with E-state index in [2.05, 4.69) is 17.4 Å². The maximum atomic E-state index is 9.48. The Kier molecular flexibility index (Phi) is 4.76. The number of methoxy groups -OCH3 is 1. The summed E-state index contributed by atoms with van der Waals surface area (Å²) < 4.78 is 5.21. The molecular weight excluding hydrogens is 296 g/mol. The molecule has 0 fully saturated rings. The number of thiazole rings is 1. The number of nitrogens with one attached hydrogen (secondary N) is 1. The van der Waals surface area contributed by atoms with Crippen LogP contribution in [0.1, 0.15) is 36.4 Å². The molecule has 0 aliphatic heterocycles. The molecule has 1 aromatic carbocycles. The van der Waals surface area contributed by atoms with Gasteiger partial charge in [0.05, 0.1) is 18.9 Å². The van der Waals surface area contributed by atoms with Crippen molar-refractivity contribution in [2.24, 2.45) is 0 Å². The lowest BCUT2D eigenvalue weighted by molar-refractivity contribution is 0.184. The van der Waals surface area contributed by atoms with Gasteiger partial charge in [0.1, 0.15) is 10.8 Å². The first-order valence-electron chi connectivity index (χ1n) is 7.73. The number of nitrogens with zero attached hydrogens (tertiary/aromatic N) is 1. The van der Waals surface area contributed by atoms with Gasteiger partial charge in [0.15, 0.2) is 0 Å². The van der Waals surface area contributed by atoms with Crippen LogP contribution in [0.4, 0.5) is 0 Å². The number of benzene rings is 1. The predicted molar refractivity (Wildman–Crippen MR) is 89.5 cm³/mol. The van der Waals surface area contributed by atoms with Crippen LogP contribution in [0.15, 0.2) is 24.3 Å². The molecule has 4 nitrogen and oxygen atoms in total. The van der Waals surface area contributed by atoms with Gasteiger partial charge in [0.2, 0.25) is 0 Å². The van der Waals surface area contributed by atoms with Crippen molar-refractivity contribution in [1.29, 1.82) is 0 Å². The number of aliphatic hydroxyl groups is 1. The predicted octanol–water partition coefficient (Wildman–Crippen LogP) is 3.17. The third-order valence-electron chi connectivity index (χ3n) is 3.95. The van der Waals surface area contributed by atoms with Gasteiger partial charge in [-0.3, -0.25) is 0 Å². The second kappa shape index (κ2) is 6.77. The quantitative estimate of drug-likeness (QED) is 0.889. The summed E-state index contributed by atoms with van der Waals surface area (Å²) in [7, 11) is 1.68. The molecule has 118 valence electrons. The SMILES string of the molecule is COc1ccc(-c2nc3c(s2)C(NCC(C)O)CCC3)cc1. The Balaban J connectivity index is 1.83. The fraction of sp³-hybridized carbons (Fsp3) is 0.471. The molecule has 5 heteroatoms. The first kappa shape index (κ1) is 15.5. The van der Waals surface area contributed by atoms with Crippen LogP contribution in [-0.2, 0) is 6.42 Å².